The van der Waals surface area contributed by atoms with Crippen molar-refractivity contribution in [2.45, 2.75) is 283 Å². The molecule has 0 radical (unpaired) electrons. The molecule has 0 spiro atoms. The molecule has 1 amide bonds. The summed E-state index contributed by atoms with van der Waals surface area (Å²) in [6.45, 7) is 4.72. The summed E-state index contributed by atoms with van der Waals surface area (Å²) in [7, 11) is 1.30. The highest BCUT2D eigenvalue weighted by molar-refractivity contribution is 7.45. The van der Waals surface area contributed by atoms with Crippen LogP contribution in [0.3, 0.4) is 0 Å². The Morgan fingerprint density at radius 2 is 0.906 bits per heavy atom. The number of carbonyl (C=O) groups excluding carboxylic acids is 1. The van der Waals surface area contributed by atoms with E-state index in [0.717, 1.165) is 64.2 Å². The predicted molar refractivity (Wildman–Crippen MR) is 275 cm³/mol. The molecule has 3 atom stereocenters. The standard InChI is InChI=1S/C55H109N2O6P/c1-6-8-10-12-14-16-18-20-22-24-25-26-27-28-29-30-31-32-33-34-36-38-40-42-44-46-48-54(58)53(52-63-64(60,61)62-51-50-57(3,4)5)56-55(59)49-47-45-43-41-39-37-35-23-21-19-17-15-13-11-9-7-2/h17,19,23,35,53-54,58H,6-16,18,20-22,24-34,36-52H2,1-5H3,(H-,56,59,60,61)/b19-17-,35-23-. The minimum absolute atomic E-state index is 0.0102. The smallest absolute Gasteiger partial charge is 0.268 e. The maximum absolute atomic E-state index is 12.9. The number of allylic oxidation sites excluding steroid dienone is 4. The number of quaternary nitrogens is 1. The lowest BCUT2D eigenvalue weighted by Gasteiger charge is -2.30. The highest BCUT2D eigenvalue weighted by atomic mass is 31.2. The Labute approximate surface area is 398 Å². The fourth-order valence-corrected chi connectivity index (χ4v) is 9.03. The number of likely N-dealkylation sites (N-methyl/N-ethyl adjacent to an activating group) is 1. The van der Waals surface area contributed by atoms with Gasteiger partial charge in [0.1, 0.15) is 13.2 Å². The first-order chi connectivity index (χ1) is 31.0. The van der Waals surface area contributed by atoms with Crippen LogP contribution in [0.25, 0.3) is 0 Å². The van der Waals surface area contributed by atoms with Crippen molar-refractivity contribution in [3.63, 3.8) is 0 Å². The maximum Gasteiger partial charge on any atom is 0.268 e. The number of hydrogen-bond acceptors (Lipinski definition) is 6. The SMILES string of the molecule is CCCCCC/C=C\C/C=C\CCCCCCCC(=O)NC(COP(=O)([O-])OCC[N+](C)(C)C)C(O)CCCCCCCCCCCCCCCCCCCCCCCCCCCC. The van der Waals surface area contributed by atoms with Gasteiger partial charge in [0.05, 0.1) is 39.9 Å². The summed E-state index contributed by atoms with van der Waals surface area (Å²) in [6, 6.07) is -0.807. The molecule has 3 unspecified atom stereocenters. The van der Waals surface area contributed by atoms with E-state index in [2.05, 4.69) is 43.5 Å². The monoisotopic (exact) mass is 925 g/mol. The van der Waals surface area contributed by atoms with Crippen molar-refractivity contribution in [2.24, 2.45) is 0 Å². The van der Waals surface area contributed by atoms with E-state index >= 15 is 0 Å². The number of amides is 1. The highest BCUT2D eigenvalue weighted by Gasteiger charge is 2.24. The number of nitrogens with one attached hydrogen (secondary N) is 1. The second-order valence-corrected chi connectivity index (χ2v) is 21.7. The Balaban J connectivity index is 4.15. The average Bonchev–Trinajstić information content (AvgIpc) is 3.25. The van der Waals surface area contributed by atoms with Crippen LogP contribution in [0.4, 0.5) is 0 Å². The van der Waals surface area contributed by atoms with E-state index in [4.69, 9.17) is 9.05 Å². The molecule has 0 bridgehead atoms. The second-order valence-electron chi connectivity index (χ2n) is 20.3. The van der Waals surface area contributed by atoms with Crippen LogP contribution >= 0.6 is 7.82 Å². The van der Waals surface area contributed by atoms with E-state index in [-0.39, 0.29) is 19.1 Å². The number of phosphoric acid groups is 1. The summed E-state index contributed by atoms with van der Waals surface area (Å²) in [5.74, 6) is -0.175. The fraction of sp³-hybridized carbons (Fsp3) is 0.909. The van der Waals surface area contributed by atoms with E-state index in [0.29, 0.717) is 23.9 Å². The van der Waals surface area contributed by atoms with Crippen LogP contribution in [0.15, 0.2) is 24.3 Å². The minimum Gasteiger partial charge on any atom is -0.756 e. The molecule has 0 aliphatic heterocycles. The van der Waals surface area contributed by atoms with Crippen LogP contribution in [-0.2, 0) is 18.4 Å². The molecule has 2 N–H and O–H groups in total. The van der Waals surface area contributed by atoms with Crippen molar-refractivity contribution in [1.29, 1.82) is 0 Å². The third kappa shape index (κ3) is 48.9. The average molecular weight is 925 g/mol. The van der Waals surface area contributed by atoms with Gasteiger partial charge < -0.3 is 28.8 Å². The van der Waals surface area contributed by atoms with Crippen LogP contribution in [0.2, 0.25) is 0 Å². The molecule has 380 valence electrons. The zero-order valence-electron chi connectivity index (χ0n) is 43.3. The topological polar surface area (TPSA) is 108 Å². The molecule has 0 aromatic carbocycles. The number of phosphoric ester groups is 1. The summed E-state index contributed by atoms with van der Waals surface area (Å²) < 4.78 is 23.4. The van der Waals surface area contributed by atoms with E-state index in [1.165, 1.54) is 180 Å². The number of nitrogens with zero attached hydrogens (tertiary/aromatic N) is 1. The van der Waals surface area contributed by atoms with Crippen molar-refractivity contribution in [3.8, 4) is 0 Å². The maximum atomic E-state index is 12.9. The Bertz CT molecular complexity index is 1090. The predicted octanol–water partition coefficient (Wildman–Crippen LogP) is 15.8. The van der Waals surface area contributed by atoms with E-state index in [1.807, 2.05) is 21.1 Å². The van der Waals surface area contributed by atoms with Crippen LogP contribution in [-0.4, -0.2) is 68.5 Å². The van der Waals surface area contributed by atoms with Gasteiger partial charge in [0, 0.05) is 6.42 Å². The summed E-state index contributed by atoms with van der Waals surface area (Å²) >= 11 is 0. The van der Waals surface area contributed by atoms with Crippen LogP contribution in [0.1, 0.15) is 271 Å². The quantitative estimate of drug-likeness (QED) is 0.0272. The van der Waals surface area contributed by atoms with Crippen molar-refractivity contribution in [2.75, 3.05) is 40.9 Å². The molecule has 0 aromatic heterocycles. The van der Waals surface area contributed by atoms with Crippen LogP contribution in [0.5, 0.6) is 0 Å². The minimum atomic E-state index is -4.57. The first-order valence-corrected chi connectivity index (χ1v) is 29.1. The first-order valence-electron chi connectivity index (χ1n) is 27.7. The second kappa shape index (κ2) is 47.1. The molecule has 0 fully saturated rings. The van der Waals surface area contributed by atoms with Gasteiger partial charge >= 0.3 is 0 Å². The lowest BCUT2D eigenvalue weighted by molar-refractivity contribution is -0.870. The van der Waals surface area contributed by atoms with Gasteiger partial charge in [-0.3, -0.25) is 9.36 Å². The molecular formula is C55H109N2O6P. The molecule has 0 heterocycles. The summed E-state index contributed by atoms with van der Waals surface area (Å²) in [5.41, 5.74) is 0. The van der Waals surface area contributed by atoms with Gasteiger partial charge in [-0.2, -0.15) is 0 Å². The Morgan fingerprint density at radius 1 is 0.547 bits per heavy atom. The number of hydrogen-bond donors (Lipinski definition) is 2. The Morgan fingerprint density at radius 3 is 1.31 bits per heavy atom. The van der Waals surface area contributed by atoms with Gasteiger partial charge in [0.2, 0.25) is 5.91 Å². The largest absolute Gasteiger partial charge is 0.756 e. The third-order valence-electron chi connectivity index (χ3n) is 12.7. The van der Waals surface area contributed by atoms with Crippen LogP contribution in [0, 0.1) is 0 Å². The molecule has 64 heavy (non-hydrogen) atoms. The molecule has 0 aromatic rings. The van der Waals surface area contributed by atoms with Crippen molar-refractivity contribution in [3.05, 3.63) is 24.3 Å². The number of aliphatic hydroxyl groups excluding tert-OH is 1. The summed E-state index contributed by atoms with van der Waals surface area (Å²) in [6.07, 6.45) is 57.8. The molecule has 0 rings (SSSR count). The van der Waals surface area contributed by atoms with Gasteiger partial charge in [-0.05, 0) is 44.9 Å². The van der Waals surface area contributed by atoms with Gasteiger partial charge in [0.15, 0.2) is 0 Å². The van der Waals surface area contributed by atoms with E-state index in [1.54, 1.807) is 0 Å². The zero-order chi connectivity index (χ0) is 47.1. The summed E-state index contributed by atoms with van der Waals surface area (Å²) in [5, 5.41) is 14.0. The molecule has 0 aliphatic rings. The molecule has 0 saturated carbocycles. The van der Waals surface area contributed by atoms with E-state index < -0.39 is 20.0 Å². The highest BCUT2D eigenvalue weighted by Crippen LogP contribution is 2.38. The Hall–Kier alpha value is -1.02. The van der Waals surface area contributed by atoms with Crippen LogP contribution < -0.4 is 10.2 Å². The van der Waals surface area contributed by atoms with Gasteiger partial charge in [-0.15, -0.1) is 0 Å². The summed E-state index contributed by atoms with van der Waals surface area (Å²) in [4.78, 5) is 25.5. The molecular weight excluding hydrogens is 816 g/mol. The normalized spacial score (nSPS) is 14.2. The first kappa shape index (κ1) is 63.0. The zero-order valence-corrected chi connectivity index (χ0v) is 44.1. The van der Waals surface area contributed by atoms with E-state index in [9.17, 15) is 19.4 Å². The van der Waals surface area contributed by atoms with Gasteiger partial charge in [0.25, 0.3) is 7.82 Å². The number of aliphatic hydroxyl groups is 1. The lowest BCUT2D eigenvalue weighted by atomic mass is 10.0. The number of rotatable bonds is 51. The molecule has 8 nitrogen and oxygen atoms in total. The number of unbranched alkanes of at least 4 members (excludes halogenated alkanes) is 34. The third-order valence-corrected chi connectivity index (χ3v) is 13.7. The molecule has 0 aliphatic carbocycles. The van der Waals surface area contributed by atoms with Crippen molar-refractivity contribution in [1.82, 2.24) is 5.32 Å². The molecule has 9 heteroatoms. The number of carbonyl (C=O) groups is 1. The van der Waals surface area contributed by atoms with Crippen molar-refractivity contribution < 1.29 is 32.9 Å². The fourth-order valence-electron chi connectivity index (χ4n) is 8.31. The molecule has 0 saturated heterocycles. The van der Waals surface area contributed by atoms with Gasteiger partial charge in [-0.1, -0.05) is 244 Å². The lowest BCUT2D eigenvalue weighted by Crippen LogP contribution is -2.46. The Kier molecular flexibility index (Phi) is 46.3. The van der Waals surface area contributed by atoms with Crippen molar-refractivity contribution >= 4 is 13.7 Å². The van der Waals surface area contributed by atoms with Gasteiger partial charge in [-0.25, -0.2) is 0 Å².